The average molecular weight is 1310 g/mol. The summed E-state index contributed by atoms with van der Waals surface area (Å²) in [6.45, 7) is 8.18. The van der Waals surface area contributed by atoms with Crippen molar-refractivity contribution in [1.82, 2.24) is 45.2 Å². The molecule has 3 aromatic rings. The fourth-order valence-electron chi connectivity index (χ4n) is 8.74. The molecule has 0 saturated carbocycles. The van der Waals surface area contributed by atoms with Gasteiger partial charge in [0.1, 0.15) is 31.9 Å². The molecule has 492 valence electrons. The van der Waals surface area contributed by atoms with E-state index < -0.39 is 40.1 Å². The van der Waals surface area contributed by atoms with Gasteiger partial charge in [-0.1, -0.05) is 97.6 Å². The van der Waals surface area contributed by atoms with Gasteiger partial charge in [-0.05, 0) is 103 Å². The van der Waals surface area contributed by atoms with E-state index in [4.69, 9.17) is 45.1 Å². The lowest BCUT2D eigenvalue weighted by molar-refractivity contribution is -0.304. The number of halogens is 3. The van der Waals surface area contributed by atoms with Crippen molar-refractivity contribution < 1.29 is 81.4 Å². The largest absolute Gasteiger partial charge is 0.467 e. The molecule has 4 heterocycles. The lowest BCUT2D eigenvalue weighted by Crippen LogP contribution is -2.60. The molecule has 89 heavy (non-hydrogen) atoms. The Hall–Kier alpha value is -7.43. The Morgan fingerprint density at radius 2 is 1.08 bits per heavy atom. The molecule has 3 atom stereocenters. The Bertz CT molecular complexity index is 2670. The third-order valence-electron chi connectivity index (χ3n) is 13.3. The SMILES string of the molecule is C=CC(=O)OCc1ccccc1.CNCCC(=O)OCc1ccccc1.COC(=O)[C@@H]1CCCN(C)N1C(=O)Cl.COC(=O)[C@@H]1CCCN(C)N1C(=O)N(C)CCCOOCc1ccccc1.COC(=O)[C@@H]1CCCN2C(=O)CCN(C)C(=O)N12.O=C(Cl)Cl. The first kappa shape index (κ1) is 77.7. The molecule has 0 unspecified atom stereocenters. The summed E-state index contributed by atoms with van der Waals surface area (Å²) in [6, 6.07) is 26.5. The number of esters is 5. The van der Waals surface area contributed by atoms with E-state index in [1.807, 2.05) is 98.0 Å². The van der Waals surface area contributed by atoms with Gasteiger partial charge in [0.05, 0.1) is 34.4 Å². The average Bonchev–Trinajstić information content (AvgIpc) is 2.04. The quantitative estimate of drug-likeness (QED) is 0.0188. The molecule has 1 N–H and O–H groups in total. The number of hydrazine groups is 3. The standard InChI is InChI=1S/C19H29N3O5.C11H17N3O4.C11H15NO2.C10H10O2.C8H13ClN2O3.CCl2O/c1-20(12-8-14-26-27-15-16-9-5-4-6-10-16)19(24)22-17(18(23)25-3)11-7-13-21(22)2;1-12-7-5-9(15)13-6-3-4-8(10(16)18-2)14(13)11(12)17;1-12-8-7-11(13)14-9-10-5-3-2-4-6-10;1-2-10(11)12-8-9-6-4-3-5-7-9;1-10-5-3-4-6(7(12)14-2)11(10)8(9)13;2-1(3)4/h4-6,9-10,17H,7-8,11-15H2,1-3H3;8H,3-7H2,1-2H3;2-6,12H,7-9H2,1H3;2-7H,1,8H2;6H,3-5H2,1-2H3;/t17-;8-;;;6-;/m00..0./s1. The smallest absolute Gasteiger partial charge is 0.339 e. The van der Waals surface area contributed by atoms with Crippen LogP contribution >= 0.6 is 34.8 Å². The highest BCUT2D eigenvalue weighted by molar-refractivity contribution is 6.93. The van der Waals surface area contributed by atoms with Crippen molar-refractivity contribution in [1.29, 1.82) is 0 Å². The van der Waals surface area contributed by atoms with E-state index in [0.29, 0.717) is 97.7 Å². The zero-order valence-corrected chi connectivity index (χ0v) is 54.0. The highest BCUT2D eigenvalue weighted by Gasteiger charge is 2.43. The van der Waals surface area contributed by atoms with Crippen LogP contribution in [0, 0.1) is 0 Å². The molecule has 0 aromatic heterocycles. The van der Waals surface area contributed by atoms with Gasteiger partial charge in [0.2, 0.25) is 5.91 Å². The molecule has 4 saturated heterocycles. The predicted molar refractivity (Wildman–Crippen MR) is 330 cm³/mol. The highest BCUT2D eigenvalue weighted by atomic mass is 35.5. The molecule has 29 heteroatoms. The van der Waals surface area contributed by atoms with Gasteiger partial charge in [0.15, 0.2) is 6.04 Å². The Morgan fingerprint density at radius 1 is 0.629 bits per heavy atom. The Kier molecular flexibility index (Phi) is 38.5. The highest BCUT2D eigenvalue weighted by Crippen LogP contribution is 2.25. The topological polar surface area (TPSA) is 273 Å². The summed E-state index contributed by atoms with van der Waals surface area (Å²) in [7, 11) is 12.6. The second kappa shape index (κ2) is 44.1. The molecule has 0 aliphatic carbocycles. The Balaban J connectivity index is 0.000000385. The third-order valence-corrected chi connectivity index (χ3v) is 13.5. The van der Waals surface area contributed by atoms with Crippen LogP contribution in [-0.4, -0.2) is 218 Å². The summed E-state index contributed by atoms with van der Waals surface area (Å²) in [5.41, 5.74) is 3.03. The molecule has 0 spiro atoms. The van der Waals surface area contributed by atoms with E-state index in [9.17, 15) is 43.2 Å². The molecule has 6 amide bonds. The van der Waals surface area contributed by atoms with E-state index in [1.165, 1.54) is 46.3 Å². The number of nitrogens with one attached hydrogen (secondary N) is 1. The molecule has 3 aromatic carbocycles. The second-order valence-electron chi connectivity index (χ2n) is 19.7. The van der Waals surface area contributed by atoms with Crippen LogP contribution in [0.5, 0.6) is 0 Å². The number of nitrogens with zero attached hydrogens (tertiary/aromatic N) is 8. The number of ether oxygens (including phenoxy) is 5. The maximum absolute atomic E-state index is 12.8. The summed E-state index contributed by atoms with van der Waals surface area (Å²) >= 11 is 14.2. The van der Waals surface area contributed by atoms with Gasteiger partial charge in [-0.25, -0.2) is 68.6 Å². The van der Waals surface area contributed by atoms with E-state index in [-0.39, 0.29) is 42.3 Å². The number of hydrogen-bond donors (Lipinski definition) is 1. The molecular formula is C60H84Cl3N9O17. The molecule has 4 aliphatic heterocycles. The summed E-state index contributed by atoms with van der Waals surface area (Å²) in [5, 5.41) is 11.0. The first-order valence-corrected chi connectivity index (χ1v) is 29.5. The Labute approximate surface area is 535 Å². The fraction of sp³-hybridized carbons (Fsp3) is 0.500. The summed E-state index contributed by atoms with van der Waals surface area (Å²) < 4.78 is 23.1. The number of urea groups is 2. The van der Waals surface area contributed by atoms with E-state index >= 15 is 0 Å². The van der Waals surface area contributed by atoms with Gasteiger partial charge in [0.25, 0.3) is 0 Å². The van der Waals surface area contributed by atoms with E-state index in [1.54, 1.807) is 43.1 Å². The van der Waals surface area contributed by atoms with Crippen molar-refractivity contribution in [2.24, 2.45) is 0 Å². The van der Waals surface area contributed by atoms with Crippen LogP contribution in [-0.2, 0) is 82.0 Å². The van der Waals surface area contributed by atoms with E-state index in [2.05, 4.69) is 39.8 Å². The number of hydrogen-bond acceptors (Lipinski definition) is 20. The van der Waals surface area contributed by atoms with Crippen molar-refractivity contribution in [3.63, 3.8) is 0 Å². The predicted octanol–water partition coefficient (Wildman–Crippen LogP) is 7.55. The fourth-order valence-corrected chi connectivity index (χ4v) is 8.98. The normalized spacial score (nSPS) is 17.1. The third kappa shape index (κ3) is 29.2. The number of methoxy groups -OCH3 is 3. The molecule has 4 fully saturated rings. The minimum Gasteiger partial charge on any atom is -0.467 e. The summed E-state index contributed by atoms with van der Waals surface area (Å²) in [4.78, 5) is 127. The second-order valence-corrected chi connectivity index (χ2v) is 20.9. The number of benzene rings is 3. The summed E-state index contributed by atoms with van der Waals surface area (Å²) in [6.07, 6.45) is 6.58. The van der Waals surface area contributed by atoms with Gasteiger partial charge in [0, 0.05) is 80.0 Å². The number of amides is 6. The van der Waals surface area contributed by atoms with E-state index in [0.717, 1.165) is 42.2 Å². The van der Waals surface area contributed by atoms with Crippen LogP contribution in [0.4, 0.5) is 19.2 Å². The van der Waals surface area contributed by atoms with Gasteiger partial charge in [-0.2, -0.15) is 0 Å². The van der Waals surface area contributed by atoms with Gasteiger partial charge >= 0.3 is 52.0 Å². The van der Waals surface area contributed by atoms with Crippen LogP contribution < -0.4 is 5.32 Å². The molecular weight excluding hydrogens is 1230 g/mol. The van der Waals surface area contributed by atoms with Crippen LogP contribution in [0.25, 0.3) is 0 Å². The minimum atomic E-state index is -0.889. The lowest BCUT2D eigenvalue weighted by atomic mass is 10.1. The number of rotatable bonds is 18. The number of fused-ring (bicyclic) bond motifs is 1. The minimum absolute atomic E-state index is 0.124. The van der Waals surface area contributed by atoms with Crippen LogP contribution in [0.15, 0.2) is 104 Å². The van der Waals surface area contributed by atoms with Gasteiger partial charge < -0.3 is 38.8 Å². The van der Waals surface area contributed by atoms with Crippen molar-refractivity contribution in [3.8, 4) is 0 Å². The summed E-state index contributed by atoms with van der Waals surface area (Å²) in [5.74, 6) is -1.97. The molecule has 26 nitrogen and oxygen atoms in total. The first-order valence-electron chi connectivity index (χ1n) is 28.4. The molecule has 7 rings (SSSR count). The number of carbonyl (C=O) groups is 10. The van der Waals surface area contributed by atoms with Crippen molar-refractivity contribution in [3.05, 3.63) is 120 Å². The van der Waals surface area contributed by atoms with Crippen molar-refractivity contribution >= 4 is 92.7 Å². The van der Waals surface area contributed by atoms with Crippen LogP contribution in [0.2, 0.25) is 0 Å². The van der Waals surface area contributed by atoms with Crippen LogP contribution in [0.1, 0.15) is 74.5 Å². The maximum atomic E-state index is 12.8. The lowest BCUT2D eigenvalue weighted by Gasteiger charge is -2.42. The van der Waals surface area contributed by atoms with Crippen molar-refractivity contribution in [2.45, 2.75) is 95.7 Å². The van der Waals surface area contributed by atoms with Gasteiger partial charge in [-0.15, -0.1) is 0 Å². The molecule has 0 radical (unpaired) electrons. The molecule has 0 bridgehead atoms. The van der Waals surface area contributed by atoms with Crippen molar-refractivity contribution in [2.75, 3.05) is 102 Å². The van der Waals surface area contributed by atoms with Gasteiger partial charge in [-0.3, -0.25) is 19.2 Å². The monoisotopic (exact) mass is 1310 g/mol. The zero-order valence-electron chi connectivity index (χ0n) is 51.8. The van der Waals surface area contributed by atoms with Crippen LogP contribution in [0.3, 0.4) is 0 Å². The number of carbonyl (C=O) groups excluding carboxylic acids is 10. The zero-order chi connectivity index (χ0) is 66.3. The maximum Gasteiger partial charge on any atom is 0.339 e. The Morgan fingerprint density at radius 3 is 1.56 bits per heavy atom. The molecule has 4 aliphatic rings. The first-order chi connectivity index (χ1) is 42.6.